The molecule has 0 saturated carbocycles. The van der Waals surface area contributed by atoms with Crippen LogP contribution in [0.15, 0.2) is 16.6 Å². The highest BCUT2D eigenvalue weighted by Gasteiger charge is 2.12. The maximum atomic E-state index is 5.74. The van der Waals surface area contributed by atoms with Crippen molar-refractivity contribution < 1.29 is 9.47 Å². The van der Waals surface area contributed by atoms with E-state index < -0.39 is 0 Å². The Kier molecular flexibility index (Phi) is 8.00. The minimum atomic E-state index is 0.566. The van der Waals surface area contributed by atoms with Crippen molar-refractivity contribution >= 4 is 15.9 Å². The second-order valence-electron chi connectivity index (χ2n) is 4.85. The third kappa shape index (κ3) is 4.98. The first kappa shape index (κ1) is 17.3. The summed E-state index contributed by atoms with van der Waals surface area (Å²) in [4.78, 5) is 0. The highest BCUT2D eigenvalue weighted by atomic mass is 79.9. The van der Waals surface area contributed by atoms with Crippen LogP contribution >= 0.6 is 15.9 Å². The summed E-state index contributed by atoms with van der Waals surface area (Å²) in [7, 11) is 1.68. The molecule has 0 saturated heterocycles. The van der Waals surface area contributed by atoms with Crippen molar-refractivity contribution in [3.05, 3.63) is 22.2 Å². The number of methoxy groups -OCH3 is 1. The number of hydrogen-bond acceptors (Lipinski definition) is 3. The lowest BCUT2D eigenvalue weighted by molar-refractivity contribution is 0.292. The molecule has 114 valence electrons. The third-order valence-corrected chi connectivity index (χ3v) is 3.91. The molecule has 0 aliphatic heterocycles. The van der Waals surface area contributed by atoms with Gasteiger partial charge >= 0.3 is 0 Å². The maximum absolute atomic E-state index is 5.74. The molecule has 0 aliphatic rings. The van der Waals surface area contributed by atoms with Gasteiger partial charge < -0.3 is 14.8 Å². The molecule has 0 bridgehead atoms. The Hall–Kier alpha value is -0.740. The second kappa shape index (κ2) is 9.24. The van der Waals surface area contributed by atoms with Crippen molar-refractivity contribution in [1.82, 2.24) is 5.32 Å². The van der Waals surface area contributed by atoms with Crippen LogP contribution in [-0.4, -0.2) is 19.8 Å². The van der Waals surface area contributed by atoms with Crippen LogP contribution in [0.3, 0.4) is 0 Å². The fourth-order valence-corrected chi connectivity index (χ4v) is 2.66. The monoisotopic (exact) mass is 343 g/mol. The summed E-state index contributed by atoms with van der Waals surface area (Å²) in [5.74, 6) is 1.58. The van der Waals surface area contributed by atoms with E-state index in [0.29, 0.717) is 12.6 Å². The Labute approximate surface area is 131 Å². The van der Waals surface area contributed by atoms with Crippen molar-refractivity contribution in [1.29, 1.82) is 0 Å². The summed E-state index contributed by atoms with van der Waals surface area (Å²) in [6, 6.07) is 4.71. The Balaban J connectivity index is 2.81. The molecule has 0 atom stereocenters. The molecule has 0 spiro atoms. The van der Waals surface area contributed by atoms with Crippen molar-refractivity contribution in [3.8, 4) is 11.5 Å². The quantitative estimate of drug-likeness (QED) is 0.714. The predicted molar refractivity (Wildman–Crippen MR) is 87.7 cm³/mol. The first-order valence-electron chi connectivity index (χ1n) is 7.38. The molecule has 1 rings (SSSR count). The average Bonchev–Trinajstić information content (AvgIpc) is 2.46. The molecule has 4 heteroatoms. The molecule has 0 aliphatic carbocycles. The van der Waals surface area contributed by atoms with Crippen molar-refractivity contribution in [3.63, 3.8) is 0 Å². The summed E-state index contributed by atoms with van der Waals surface area (Å²) in [5, 5.41) is 3.56. The number of nitrogens with one attached hydrogen (secondary N) is 1. The highest BCUT2D eigenvalue weighted by Crippen LogP contribution is 2.36. The minimum absolute atomic E-state index is 0.566. The molecular weight excluding hydrogens is 318 g/mol. The van der Waals surface area contributed by atoms with Gasteiger partial charge in [-0.15, -0.1) is 0 Å². The van der Waals surface area contributed by atoms with Crippen LogP contribution in [-0.2, 0) is 6.54 Å². The number of halogens is 1. The molecule has 3 nitrogen and oxygen atoms in total. The molecule has 1 aromatic carbocycles. The lowest BCUT2D eigenvalue weighted by Gasteiger charge is -2.17. The van der Waals surface area contributed by atoms with Gasteiger partial charge in [-0.2, -0.15) is 0 Å². The second-order valence-corrected chi connectivity index (χ2v) is 5.71. The SMILES string of the molecule is CCCOc1c(Br)cc(CNC(CC)CC)cc1OC. The van der Waals surface area contributed by atoms with Crippen LogP contribution in [0, 0.1) is 0 Å². The summed E-state index contributed by atoms with van der Waals surface area (Å²) in [6.45, 7) is 8.04. The van der Waals surface area contributed by atoms with Crippen LogP contribution < -0.4 is 14.8 Å². The molecule has 0 unspecified atom stereocenters. The molecule has 0 fully saturated rings. The number of rotatable bonds is 9. The van der Waals surface area contributed by atoms with E-state index in [0.717, 1.165) is 41.8 Å². The van der Waals surface area contributed by atoms with Gasteiger partial charge in [0.05, 0.1) is 18.2 Å². The molecule has 0 heterocycles. The van der Waals surface area contributed by atoms with Gasteiger partial charge in [0.1, 0.15) is 0 Å². The van der Waals surface area contributed by atoms with Crippen molar-refractivity contribution in [2.24, 2.45) is 0 Å². The van der Waals surface area contributed by atoms with Gasteiger partial charge in [0.25, 0.3) is 0 Å². The van der Waals surface area contributed by atoms with E-state index in [1.54, 1.807) is 7.11 Å². The zero-order valence-corrected chi connectivity index (χ0v) is 14.5. The fraction of sp³-hybridized carbons (Fsp3) is 0.625. The Morgan fingerprint density at radius 2 is 1.90 bits per heavy atom. The lowest BCUT2D eigenvalue weighted by Crippen LogP contribution is -2.27. The molecule has 0 aromatic heterocycles. The van der Waals surface area contributed by atoms with Gasteiger partial charge in [-0.05, 0) is 52.9 Å². The van der Waals surface area contributed by atoms with E-state index in [1.165, 1.54) is 5.56 Å². The van der Waals surface area contributed by atoms with E-state index in [9.17, 15) is 0 Å². The van der Waals surface area contributed by atoms with Crippen LogP contribution in [0.5, 0.6) is 11.5 Å². The number of benzene rings is 1. The first-order chi connectivity index (χ1) is 9.65. The van der Waals surface area contributed by atoms with E-state index in [2.05, 4.69) is 48.1 Å². The largest absolute Gasteiger partial charge is 0.493 e. The van der Waals surface area contributed by atoms with Crippen LogP contribution in [0.2, 0.25) is 0 Å². The standard InChI is InChI=1S/C16H26BrNO2/c1-5-8-20-16-14(17)9-12(10-15(16)19-4)11-18-13(6-2)7-3/h9-10,13,18H,5-8,11H2,1-4H3. The first-order valence-corrected chi connectivity index (χ1v) is 8.18. The topological polar surface area (TPSA) is 30.5 Å². The van der Waals surface area contributed by atoms with Crippen LogP contribution in [0.4, 0.5) is 0 Å². The van der Waals surface area contributed by atoms with Gasteiger partial charge in [-0.1, -0.05) is 20.8 Å². The van der Waals surface area contributed by atoms with E-state index in [1.807, 2.05) is 6.07 Å². The smallest absolute Gasteiger partial charge is 0.175 e. The molecule has 20 heavy (non-hydrogen) atoms. The number of hydrogen-bond donors (Lipinski definition) is 1. The van der Waals surface area contributed by atoms with Gasteiger partial charge in [0, 0.05) is 12.6 Å². The van der Waals surface area contributed by atoms with Crippen LogP contribution in [0.25, 0.3) is 0 Å². The lowest BCUT2D eigenvalue weighted by atomic mass is 10.1. The molecule has 1 aromatic rings. The highest BCUT2D eigenvalue weighted by molar-refractivity contribution is 9.10. The van der Waals surface area contributed by atoms with Gasteiger partial charge in [-0.3, -0.25) is 0 Å². The normalized spacial score (nSPS) is 10.9. The molecular formula is C16H26BrNO2. The average molecular weight is 344 g/mol. The van der Waals surface area contributed by atoms with Gasteiger partial charge in [0.15, 0.2) is 11.5 Å². The molecule has 0 amide bonds. The van der Waals surface area contributed by atoms with E-state index in [-0.39, 0.29) is 0 Å². The van der Waals surface area contributed by atoms with Crippen molar-refractivity contribution in [2.45, 2.75) is 52.6 Å². The minimum Gasteiger partial charge on any atom is -0.493 e. The van der Waals surface area contributed by atoms with Crippen LogP contribution in [0.1, 0.15) is 45.6 Å². The zero-order chi connectivity index (χ0) is 15.0. The summed E-state index contributed by atoms with van der Waals surface area (Å²) >= 11 is 3.58. The Bertz CT molecular complexity index is 406. The molecule has 0 radical (unpaired) electrons. The van der Waals surface area contributed by atoms with Gasteiger partial charge in [0.2, 0.25) is 0 Å². The fourth-order valence-electron chi connectivity index (χ4n) is 2.06. The zero-order valence-electron chi connectivity index (χ0n) is 13.0. The molecule has 1 N–H and O–H groups in total. The summed E-state index contributed by atoms with van der Waals surface area (Å²) in [6.07, 6.45) is 3.27. The van der Waals surface area contributed by atoms with E-state index >= 15 is 0 Å². The summed E-state index contributed by atoms with van der Waals surface area (Å²) in [5.41, 5.74) is 1.20. The third-order valence-electron chi connectivity index (χ3n) is 3.32. The Morgan fingerprint density at radius 3 is 2.45 bits per heavy atom. The summed E-state index contributed by atoms with van der Waals surface area (Å²) < 4.78 is 12.1. The van der Waals surface area contributed by atoms with Gasteiger partial charge in [-0.25, -0.2) is 0 Å². The Morgan fingerprint density at radius 1 is 1.20 bits per heavy atom. The maximum Gasteiger partial charge on any atom is 0.175 e. The predicted octanol–water partition coefficient (Wildman–Crippen LogP) is 4.52. The van der Waals surface area contributed by atoms with Crippen molar-refractivity contribution in [2.75, 3.05) is 13.7 Å². The van der Waals surface area contributed by atoms with E-state index in [4.69, 9.17) is 9.47 Å². The number of ether oxygens (including phenoxy) is 2.